The summed E-state index contributed by atoms with van der Waals surface area (Å²) < 4.78 is -2.91. The van der Waals surface area contributed by atoms with Crippen LogP contribution < -0.4 is 0 Å². The topological polar surface area (TPSA) is 0 Å². The van der Waals surface area contributed by atoms with Crippen molar-refractivity contribution in [2.45, 2.75) is 7.59 Å². The van der Waals surface area contributed by atoms with Gasteiger partial charge in [-0.1, -0.05) is 118 Å². The van der Waals surface area contributed by atoms with Gasteiger partial charge in [0.25, 0.3) is 0 Å². The summed E-state index contributed by atoms with van der Waals surface area (Å²) >= 11 is 35.3. The van der Waals surface area contributed by atoms with Crippen LogP contribution in [0.5, 0.6) is 0 Å². The maximum absolute atomic E-state index is 5.88. The molecule has 2 rings (SSSR count). The molecule has 0 unspecified atom stereocenters. The van der Waals surface area contributed by atoms with Crippen molar-refractivity contribution in [1.29, 1.82) is 0 Å². The van der Waals surface area contributed by atoms with Crippen molar-refractivity contribution in [1.82, 2.24) is 0 Å². The summed E-state index contributed by atoms with van der Waals surface area (Å²) in [5.41, 5.74) is 2.97. The Morgan fingerprint density at radius 3 is 1.33 bits per heavy atom. The van der Waals surface area contributed by atoms with Crippen LogP contribution in [-0.4, -0.2) is 0 Å². The summed E-state index contributed by atoms with van der Waals surface area (Å²) in [6.07, 6.45) is 1.92. The van der Waals surface area contributed by atoms with Gasteiger partial charge in [-0.05, 0) is 11.1 Å². The van der Waals surface area contributed by atoms with E-state index in [1.54, 1.807) is 24.3 Å². The van der Waals surface area contributed by atoms with Crippen molar-refractivity contribution in [3.8, 4) is 0 Å². The third-order valence-corrected chi connectivity index (χ3v) is 4.07. The second-order valence-corrected chi connectivity index (χ2v) is 8.95. The van der Waals surface area contributed by atoms with Crippen LogP contribution in [0.1, 0.15) is 22.3 Å². The van der Waals surface area contributed by atoms with E-state index in [1.807, 2.05) is 30.7 Å². The lowest BCUT2D eigenvalue weighted by atomic mass is 10.0. The smallest absolute Gasteiger partial charge is 0.0784 e. The average Bonchev–Trinajstić information content (AvgIpc) is 2.37. The Labute approximate surface area is 153 Å². The Morgan fingerprint density at radius 2 is 1.00 bits per heavy atom. The lowest BCUT2D eigenvalue weighted by molar-refractivity contribution is 1.21. The summed E-state index contributed by atoms with van der Waals surface area (Å²) in [6, 6.07) is 14.6. The van der Waals surface area contributed by atoms with Gasteiger partial charge in [0, 0.05) is 17.5 Å². The van der Waals surface area contributed by atoms with Crippen molar-refractivity contribution in [3.63, 3.8) is 0 Å². The normalized spacial score (nSPS) is 12.5. The van der Waals surface area contributed by atoms with Crippen molar-refractivity contribution < 1.29 is 0 Å². The number of benzene rings is 2. The second kappa shape index (κ2) is 6.74. The lowest BCUT2D eigenvalue weighted by Gasteiger charge is -2.14. The first-order valence-electron chi connectivity index (χ1n) is 5.85. The molecule has 21 heavy (non-hydrogen) atoms. The van der Waals surface area contributed by atoms with E-state index < -0.39 is 7.59 Å². The Bertz CT molecular complexity index is 569. The van der Waals surface area contributed by atoms with Crippen LogP contribution in [-0.2, 0) is 7.59 Å². The highest BCUT2D eigenvalue weighted by Crippen LogP contribution is 2.40. The van der Waals surface area contributed by atoms with Gasteiger partial charge in [0.2, 0.25) is 7.59 Å². The van der Waals surface area contributed by atoms with Crippen LogP contribution in [0, 0.1) is 6.42 Å². The first kappa shape index (κ1) is 17.5. The van der Waals surface area contributed by atoms with Crippen LogP contribution >= 0.6 is 69.6 Å². The Morgan fingerprint density at radius 1 is 0.619 bits per heavy atom. The molecular weight excluding hydrogens is 393 g/mol. The first-order valence-corrected chi connectivity index (χ1v) is 8.12. The fourth-order valence-electron chi connectivity index (χ4n) is 1.80. The Hall–Kier alpha value is 0.180. The van der Waals surface area contributed by atoms with E-state index in [0.717, 1.165) is 11.1 Å². The van der Waals surface area contributed by atoms with Gasteiger partial charge >= 0.3 is 0 Å². The zero-order chi connectivity index (χ0) is 15.7. The highest BCUT2D eigenvalue weighted by atomic mass is 35.6. The van der Waals surface area contributed by atoms with E-state index in [9.17, 15) is 0 Å². The summed E-state index contributed by atoms with van der Waals surface area (Å²) in [5, 5.41) is 0. The quantitative estimate of drug-likeness (QED) is 0.478. The van der Waals surface area contributed by atoms with Crippen molar-refractivity contribution in [3.05, 3.63) is 77.2 Å². The minimum absolute atomic E-state index is 0.596. The fraction of sp³-hybridized carbons (Fsp3) is 0.133. The number of alkyl halides is 6. The van der Waals surface area contributed by atoms with Gasteiger partial charge in [-0.2, -0.15) is 0 Å². The first-order chi connectivity index (χ1) is 9.66. The molecule has 0 aliphatic heterocycles. The van der Waals surface area contributed by atoms with Gasteiger partial charge in [-0.15, -0.1) is 0 Å². The van der Waals surface area contributed by atoms with Crippen molar-refractivity contribution in [2.24, 2.45) is 0 Å². The summed E-state index contributed by atoms with van der Waals surface area (Å²) in [4.78, 5) is 0. The average molecular weight is 402 g/mol. The third kappa shape index (κ3) is 5.10. The fourth-order valence-corrected chi connectivity index (χ4v) is 2.51. The van der Waals surface area contributed by atoms with Gasteiger partial charge in [-0.25, -0.2) is 0 Å². The van der Waals surface area contributed by atoms with Crippen LogP contribution in [0.25, 0.3) is 0 Å². The molecule has 0 amide bonds. The molecule has 0 aliphatic rings. The van der Waals surface area contributed by atoms with Gasteiger partial charge in [0.1, 0.15) is 0 Å². The van der Waals surface area contributed by atoms with Crippen LogP contribution in [0.4, 0.5) is 0 Å². The minimum Gasteiger partial charge on any atom is -0.0784 e. The molecule has 6 heteroatoms. The second-order valence-electron chi connectivity index (χ2n) is 4.39. The lowest BCUT2D eigenvalue weighted by Crippen LogP contribution is -2.02. The van der Waals surface area contributed by atoms with E-state index in [4.69, 9.17) is 69.6 Å². The molecule has 0 nitrogen and oxygen atoms in total. The summed E-state index contributed by atoms with van der Waals surface area (Å²) in [6.45, 7) is 0. The minimum atomic E-state index is -1.46. The molecule has 0 bridgehead atoms. The highest BCUT2D eigenvalue weighted by Gasteiger charge is 2.24. The van der Waals surface area contributed by atoms with Crippen LogP contribution in [0.3, 0.4) is 0 Å². The summed E-state index contributed by atoms with van der Waals surface area (Å²) in [7, 11) is 0. The van der Waals surface area contributed by atoms with E-state index in [1.165, 1.54) is 0 Å². The van der Waals surface area contributed by atoms with E-state index in [0.29, 0.717) is 11.1 Å². The molecule has 1 radical (unpaired) electrons. The Balaban J connectivity index is 2.27. The molecule has 0 N–H and O–H groups in total. The molecule has 0 aliphatic carbocycles. The van der Waals surface area contributed by atoms with Gasteiger partial charge in [0.05, 0.1) is 0 Å². The molecule has 0 aromatic heterocycles. The molecule has 2 aromatic carbocycles. The zero-order valence-corrected chi connectivity index (χ0v) is 15.0. The molecule has 0 atom stereocenters. The molecule has 2 aromatic rings. The Kier molecular flexibility index (Phi) is 5.63. The van der Waals surface area contributed by atoms with Crippen LogP contribution in [0.15, 0.2) is 48.5 Å². The molecule has 0 saturated carbocycles. The third-order valence-electron chi connectivity index (χ3n) is 2.76. The molecule has 0 spiro atoms. The largest absolute Gasteiger partial charge is 0.216 e. The molecule has 111 valence electrons. The number of halogens is 6. The van der Waals surface area contributed by atoms with E-state index in [-0.39, 0.29) is 0 Å². The van der Waals surface area contributed by atoms with Crippen molar-refractivity contribution >= 4 is 69.6 Å². The highest BCUT2D eigenvalue weighted by molar-refractivity contribution is 6.67. The van der Waals surface area contributed by atoms with Gasteiger partial charge in [0.15, 0.2) is 0 Å². The summed E-state index contributed by atoms with van der Waals surface area (Å²) in [5.74, 6) is 0. The van der Waals surface area contributed by atoms with Crippen LogP contribution in [0.2, 0.25) is 0 Å². The van der Waals surface area contributed by atoms with E-state index >= 15 is 0 Å². The SMILES string of the molecule is ClC(Cl)(Cl)c1cccc([CH]c2cccc(C(Cl)(Cl)Cl)c2)c1. The molecular formula is C15H9Cl6. The van der Waals surface area contributed by atoms with E-state index in [2.05, 4.69) is 0 Å². The standard InChI is InChI=1S/C15H9Cl6/c16-14(17,18)12-5-1-3-10(8-12)7-11-4-2-6-13(9-11)15(19,20)21/h1-9H. The maximum Gasteiger partial charge on any atom is 0.216 e. The monoisotopic (exact) mass is 399 g/mol. The zero-order valence-electron chi connectivity index (χ0n) is 10.5. The van der Waals surface area contributed by atoms with Crippen molar-refractivity contribution in [2.75, 3.05) is 0 Å². The molecule has 0 heterocycles. The van der Waals surface area contributed by atoms with Gasteiger partial charge in [-0.3, -0.25) is 0 Å². The molecule has 0 saturated heterocycles. The van der Waals surface area contributed by atoms with Gasteiger partial charge < -0.3 is 0 Å². The maximum atomic E-state index is 5.88. The number of rotatable bonds is 2. The number of hydrogen-bond acceptors (Lipinski definition) is 0. The predicted molar refractivity (Wildman–Crippen MR) is 93.9 cm³/mol. The predicted octanol–water partition coefficient (Wildman–Crippen LogP) is 6.94. The number of hydrogen-bond donors (Lipinski definition) is 0. The molecule has 0 fully saturated rings.